The standard InChI is InChI=1S/C20H17F6N3O5S/c1-3-35(31,32)16-15-8-12(19(21,22)23)6-7-29(15)28-17(16)27-10-11-4-5-13(34-20(24,25)26)9-14(11)18(30)33-2/h4-9H,3,10H2,1-2H3,(H,27,28). The van der Waals surface area contributed by atoms with E-state index in [0.717, 1.165) is 42.1 Å². The molecule has 2 heterocycles. The molecule has 0 aliphatic heterocycles. The number of rotatable bonds is 7. The van der Waals surface area contributed by atoms with Gasteiger partial charge in [0.15, 0.2) is 15.7 Å². The number of halogens is 6. The summed E-state index contributed by atoms with van der Waals surface area (Å²) in [5.41, 5.74) is -1.65. The minimum absolute atomic E-state index is 0.0826. The summed E-state index contributed by atoms with van der Waals surface area (Å²) < 4.78 is 112. The molecule has 35 heavy (non-hydrogen) atoms. The number of methoxy groups -OCH3 is 1. The number of fused-ring (bicyclic) bond motifs is 1. The molecule has 0 atom stereocenters. The predicted molar refractivity (Wildman–Crippen MR) is 110 cm³/mol. The first-order chi connectivity index (χ1) is 16.2. The third-order valence-corrected chi connectivity index (χ3v) is 6.56. The Bertz CT molecular complexity index is 1370. The van der Waals surface area contributed by atoms with E-state index in [-0.39, 0.29) is 29.0 Å². The number of nitrogens with zero attached hydrogens (tertiary/aromatic N) is 2. The van der Waals surface area contributed by atoms with Gasteiger partial charge in [0.05, 0.1) is 29.5 Å². The lowest BCUT2D eigenvalue weighted by Gasteiger charge is -2.13. The third-order valence-electron chi connectivity index (χ3n) is 4.77. The molecular weight excluding hydrogens is 508 g/mol. The van der Waals surface area contributed by atoms with Crippen LogP contribution in [0.25, 0.3) is 5.52 Å². The smallest absolute Gasteiger partial charge is 0.465 e. The maximum absolute atomic E-state index is 13.2. The maximum Gasteiger partial charge on any atom is 0.573 e. The molecule has 1 aromatic carbocycles. The number of carbonyl (C=O) groups excluding carboxylic acids is 1. The van der Waals surface area contributed by atoms with Gasteiger partial charge in [0, 0.05) is 12.7 Å². The zero-order valence-corrected chi connectivity index (χ0v) is 18.8. The minimum atomic E-state index is -5.01. The van der Waals surface area contributed by atoms with E-state index in [2.05, 4.69) is 19.9 Å². The normalized spacial score (nSPS) is 12.6. The Kier molecular flexibility index (Phi) is 6.93. The average Bonchev–Trinajstić information content (AvgIpc) is 3.14. The van der Waals surface area contributed by atoms with Crippen LogP contribution >= 0.6 is 0 Å². The van der Waals surface area contributed by atoms with Gasteiger partial charge < -0.3 is 14.8 Å². The average molecular weight is 525 g/mol. The Morgan fingerprint density at radius 3 is 2.37 bits per heavy atom. The minimum Gasteiger partial charge on any atom is -0.465 e. The van der Waals surface area contributed by atoms with Gasteiger partial charge in [0.25, 0.3) is 0 Å². The van der Waals surface area contributed by atoms with E-state index in [1.165, 1.54) is 6.92 Å². The summed E-state index contributed by atoms with van der Waals surface area (Å²) in [6.45, 7) is 0.962. The molecule has 0 radical (unpaired) electrons. The first-order valence-electron chi connectivity index (χ1n) is 9.69. The van der Waals surface area contributed by atoms with Gasteiger partial charge in [-0.15, -0.1) is 18.3 Å². The predicted octanol–water partition coefficient (Wildman–Crippen LogP) is 4.44. The molecule has 0 aliphatic carbocycles. The number of aromatic nitrogens is 2. The molecule has 0 unspecified atom stereocenters. The highest BCUT2D eigenvalue weighted by atomic mass is 32.2. The lowest BCUT2D eigenvalue weighted by Crippen LogP contribution is -2.18. The summed E-state index contributed by atoms with van der Waals surface area (Å²) >= 11 is 0. The monoisotopic (exact) mass is 525 g/mol. The number of nitrogens with one attached hydrogen (secondary N) is 1. The van der Waals surface area contributed by atoms with E-state index in [1.54, 1.807) is 0 Å². The van der Waals surface area contributed by atoms with Crippen molar-refractivity contribution < 1.29 is 49.0 Å². The van der Waals surface area contributed by atoms with Gasteiger partial charge in [0.1, 0.15) is 10.6 Å². The number of sulfone groups is 1. The summed E-state index contributed by atoms with van der Waals surface area (Å²) in [5.74, 6) is -2.45. The second-order valence-corrected chi connectivity index (χ2v) is 9.25. The highest BCUT2D eigenvalue weighted by Crippen LogP contribution is 2.34. The van der Waals surface area contributed by atoms with Gasteiger partial charge in [-0.2, -0.15) is 13.2 Å². The van der Waals surface area contributed by atoms with Crippen LogP contribution in [0.5, 0.6) is 5.75 Å². The Labute approximate surface area is 194 Å². The van der Waals surface area contributed by atoms with Crippen LogP contribution in [0.1, 0.15) is 28.4 Å². The molecule has 3 aromatic rings. The van der Waals surface area contributed by atoms with Crippen LogP contribution in [0.2, 0.25) is 0 Å². The molecule has 190 valence electrons. The number of anilines is 1. The van der Waals surface area contributed by atoms with Crippen LogP contribution in [0.4, 0.5) is 32.2 Å². The van der Waals surface area contributed by atoms with Crippen molar-refractivity contribution in [2.24, 2.45) is 0 Å². The number of ether oxygens (including phenoxy) is 2. The van der Waals surface area contributed by atoms with Crippen molar-refractivity contribution in [1.29, 1.82) is 0 Å². The molecule has 0 fully saturated rings. The number of esters is 1. The number of hydrogen-bond acceptors (Lipinski definition) is 7. The number of benzene rings is 1. The summed E-state index contributed by atoms with van der Waals surface area (Å²) in [7, 11) is -3.08. The molecule has 3 rings (SSSR count). The second-order valence-electron chi connectivity index (χ2n) is 7.04. The molecule has 0 bridgehead atoms. The molecule has 0 spiro atoms. The SMILES string of the molecule is CCS(=O)(=O)c1c(NCc2ccc(OC(F)(F)F)cc2C(=O)OC)nn2ccc(C(F)(F)F)cc12. The fourth-order valence-corrected chi connectivity index (χ4v) is 4.32. The van der Waals surface area contributed by atoms with E-state index in [4.69, 9.17) is 0 Å². The Balaban J connectivity index is 2.05. The van der Waals surface area contributed by atoms with Crippen LogP contribution < -0.4 is 10.1 Å². The maximum atomic E-state index is 13.2. The van der Waals surface area contributed by atoms with Crippen LogP contribution in [0, 0.1) is 0 Å². The Hall–Kier alpha value is -3.49. The van der Waals surface area contributed by atoms with Crippen molar-refractivity contribution in [3.63, 3.8) is 0 Å². The van der Waals surface area contributed by atoms with Gasteiger partial charge in [-0.3, -0.25) is 0 Å². The highest BCUT2D eigenvalue weighted by molar-refractivity contribution is 7.91. The van der Waals surface area contributed by atoms with Gasteiger partial charge in [-0.25, -0.2) is 17.7 Å². The van der Waals surface area contributed by atoms with E-state index in [0.29, 0.717) is 6.07 Å². The fraction of sp³-hybridized carbons (Fsp3) is 0.300. The van der Waals surface area contributed by atoms with Crippen LogP contribution in [-0.4, -0.2) is 43.2 Å². The zero-order chi connectivity index (χ0) is 26.2. The summed E-state index contributed by atoms with van der Waals surface area (Å²) in [5, 5.41) is 6.64. The van der Waals surface area contributed by atoms with Gasteiger partial charge in [-0.1, -0.05) is 13.0 Å². The quantitative estimate of drug-likeness (QED) is 0.360. The van der Waals surface area contributed by atoms with Gasteiger partial charge >= 0.3 is 18.5 Å². The van der Waals surface area contributed by atoms with Crippen molar-refractivity contribution in [3.8, 4) is 5.75 Å². The topological polar surface area (TPSA) is 99.0 Å². The molecule has 1 N–H and O–H groups in total. The van der Waals surface area contributed by atoms with E-state index in [9.17, 15) is 39.6 Å². The highest BCUT2D eigenvalue weighted by Gasteiger charge is 2.33. The molecule has 0 aliphatic rings. The number of carbonyl (C=O) groups is 1. The molecule has 0 amide bonds. The number of alkyl halides is 6. The molecular formula is C20H17F6N3O5S. The fourth-order valence-electron chi connectivity index (χ4n) is 3.15. The van der Waals surface area contributed by atoms with Crippen molar-refractivity contribution in [1.82, 2.24) is 9.61 Å². The van der Waals surface area contributed by atoms with Crippen molar-refractivity contribution >= 4 is 27.1 Å². The van der Waals surface area contributed by atoms with E-state index in [1.807, 2.05) is 0 Å². The van der Waals surface area contributed by atoms with E-state index >= 15 is 0 Å². The van der Waals surface area contributed by atoms with Crippen LogP contribution in [-0.2, 0) is 27.3 Å². The second kappa shape index (κ2) is 9.28. The Morgan fingerprint density at radius 1 is 1.11 bits per heavy atom. The molecule has 0 saturated heterocycles. The first-order valence-corrected chi connectivity index (χ1v) is 11.3. The number of pyridine rings is 1. The molecule has 2 aromatic heterocycles. The third kappa shape index (κ3) is 5.78. The molecule has 15 heteroatoms. The zero-order valence-electron chi connectivity index (χ0n) is 18.0. The first kappa shape index (κ1) is 26.1. The number of hydrogen-bond donors (Lipinski definition) is 1. The Morgan fingerprint density at radius 2 is 1.80 bits per heavy atom. The van der Waals surface area contributed by atoms with Crippen molar-refractivity contribution in [2.75, 3.05) is 18.2 Å². The van der Waals surface area contributed by atoms with Gasteiger partial charge in [-0.05, 0) is 29.8 Å². The summed E-state index contributed by atoms with van der Waals surface area (Å²) in [4.78, 5) is 11.6. The summed E-state index contributed by atoms with van der Waals surface area (Å²) in [6.07, 6.45) is -8.80. The lowest BCUT2D eigenvalue weighted by atomic mass is 10.1. The summed E-state index contributed by atoms with van der Waals surface area (Å²) in [6, 6.07) is 4.20. The van der Waals surface area contributed by atoms with Crippen LogP contribution in [0.15, 0.2) is 41.4 Å². The van der Waals surface area contributed by atoms with Gasteiger partial charge in [0.2, 0.25) is 0 Å². The molecule has 8 nitrogen and oxygen atoms in total. The van der Waals surface area contributed by atoms with Crippen molar-refractivity contribution in [3.05, 3.63) is 53.2 Å². The van der Waals surface area contributed by atoms with E-state index < -0.39 is 50.3 Å². The largest absolute Gasteiger partial charge is 0.573 e. The van der Waals surface area contributed by atoms with Crippen molar-refractivity contribution in [2.45, 2.75) is 30.9 Å². The molecule has 0 saturated carbocycles. The van der Waals surface area contributed by atoms with Crippen LogP contribution in [0.3, 0.4) is 0 Å². The lowest BCUT2D eigenvalue weighted by molar-refractivity contribution is -0.274.